The average Bonchev–Trinajstić information content (AvgIpc) is 1.76. The quantitative estimate of drug-likeness (QED) is 0.362. The molecule has 0 saturated carbocycles. The van der Waals surface area contributed by atoms with E-state index >= 15 is 0 Å². The van der Waals surface area contributed by atoms with Gasteiger partial charge in [0, 0.05) is 16.5 Å². The Morgan fingerprint density at radius 1 is 1.00 bits per heavy atom. The Bertz CT molecular complexity index is 60.4. The molecule has 0 amide bonds. The molecule has 1 rings (SSSR count). The first-order valence-electron chi connectivity index (χ1n) is 1.67. The molecule has 0 aliphatic carbocycles. The van der Waals surface area contributed by atoms with Gasteiger partial charge in [0.15, 0.2) is 0 Å². The number of hydrogen-bond donors (Lipinski definition) is 0. The molecule has 1 aromatic rings. The molecule has 0 saturated heterocycles. The smallest absolute Gasteiger partial charge is 0 e. The van der Waals surface area contributed by atoms with Crippen LogP contribution in [-0.2, 0) is 16.5 Å². The van der Waals surface area contributed by atoms with E-state index in [1.165, 1.54) is 0 Å². The van der Waals surface area contributed by atoms with Gasteiger partial charge in [-0.15, -0.1) is 0 Å². The number of hydrogen-bond acceptors (Lipinski definition) is 0. The van der Waals surface area contributed by atoms with Crippen LogP contribution < -0.4 is 0 Å². The van der Waals surface area contributed by atoms with Crippen molar-refractivity contribution in [3.63, 3.8) is 0 Å². The topological polar surface area (TPSA) is 0 Å². The van der Waals surface area contributed by atoms with Crippen molar-refractivity contribution in [1.82, 2.24) is 0 Å². The maximum Gasteiger partial charge on any atom is 0 e. The Morgan fingerprint density at radius 2 is 1.50 bits per heavy atom. The molecule has 0 unspecified atom stereocenters. The summed E-state index contributed by atoms with van der Waals surface area (Å²) in [6, 6.07) is 10.0. The minimum atomic E-state index is 0. The molecule has 6 heavy (non-hydrogen) atoms. The Kier molecular flexibility index (Phi) is 2.97. The molecule has 0 N–H and O–H groups in total. The summed E-state index contributed by atoms with van der Waals surface area (Å²) in [5.41, 5.74) is 0. The molecule has 0 heterocycles. The van der Waals surface area contributed by atoms with E-state index in [9.17, 15) is 0 Å². The molecule has 0 radical (unpaired) electrons. The second-order valence-electron chi connectivity index (χ2n) is 0.962. The molecule has 0 fully saturated rings. The third-order valence-electron chi connectivity index (χ3n) is 0.556. The second-order valence-corrected chi connectivity index (χ2v) is 0.962. The van der Waals surface area contributed by atoms with E-state index in [1.807, 2.05) is 30.3 Å². The fraction of sp³-hybridized carbons (Fsp3) is 0. The third kappa shape index (κ3) is 1.32. The van der Waals surface area contributed by atoms with E-state index in [2.05, 4.69) is 0 Å². The summed E-state index contributed by atoms with van der Waals surface area (Å²) in [6.45, 7) is 0. The monoisotopic (exact) mass is 123 g/mol. The maximum absolute atomic E-state index is 2.00. The normalized spacial score (nSPS) is 6.67. The van der Waals surface area contributed by atoms with Crippen LogP contribution in [0.1, 0.15) is 0 Å². The molecule has 1 heteroatoms. The van der Waals surface area contributed by atoms with Gasteiger partial charge < -0.3 is 0 Å². The molecule has 36 valence electrons. The molecule has 0 atom stereocenters. The third-order valence-corrected chi connectivity index (χ3v) is 0.556. The Hall–Kier alpha value is -0.156. The minimum absolute atomic E-state index is 0. The molecule has 0 aromatic heterocycles. The zero-order valence-electron chi connectivity index (χ0n) is 3.20. The molecule has 1 aromatic carbocycles. The van der Waals surface area contributed by atoms with Gasteiger partial charge in [0.25, 0.3) is 0 Å². The average molecular weight is 124 g/mol. The van der Waals surface area contributed by atoms with Gasteiger partial charge >= 0.3 is 0 Å². The standard InChI is InChI=1S/C5H5.Ni/c1-2-4-5-3-1;/h1-5H;/q-1;. The van der Waals surface area contributed by atoms with Crippen molar-refractivity contribution in [2.75, 3.05) is 0 Å². The van der Waals surface area contributed by atoms with Gasteiger partial charge in [-0.05, 0) is 0 Å². The SMILES string of the molecule is [Ni].c1cc[cH-]c1. The van der Waals surface area contributed by atoms with E-state index in [4.69, 9.17) is 0 Å². The fourth-order valence-electron chi connectivity index (χ4n) is 0.321. The first-order valence-corrected chi connectivity index (χ1v) is 1.67. The van der Waals surface area contributed by atoms with Crippen LogP contribution in [0.25, 0.3) is 0 Å². The van der Waals surface area contributed by atoms with E-state index in [-0.39, 0.29) is 16.5 Å². The predicted octanol–water partition coefficient (Wildman–Crippen LogP) is 1.40. The zero-order chi connectivity index (χ0) is 3.54. The van der Waals surface area contributed by atoms with E-state index in [0.717, 1.165) is 0 Å². The van der Waals surface area contributed by atoms with Crippen molar-refractivity contribution in [1.29, 1.82) is 0 Å². The minimum Gasteiger partial charge on any atom is -0.214 e. The molecule has 0 aliphatic rings. The van der Waals surface area contributed by atoms with Crippen LogP contribution in [0.15, 0.2) is 30.3 Å². The van der Waals surface area contributed by atoms with Gasteiger partial charge in [-0.2, -0.15) is 18.2 Å². The second kappa shape index (κ2) is 3.05. The van der Waals surface area contributed by atoms with Crippen LogP contribution in [0.3, 0.4) is 0 Å². The van der Waals surface area contributed by atoms with Crippen LogP contribution in [0.5, 0.6) is 0 Å². The van der Waals surface area contributed by atoms with Crippen molar-refractivity contribution < 1.29 is 16.5 Å². The summed E-state index contributed by atoms with van der Waals surface area (Å²) >= 11 is 0. The van der Waals surface area contributed by atoms with Crippen molar-refractivity contribution in [2.45, 2.75) is 0 Å². The predicted molar refractivity (Wildman–Crippen MR) is 22.0 cm³/mol. The summed E-state index contributed by atoms with van der Waals surface area (Å²) < 4.78 is 0. The van der Waals surface area contributed by atoms with Crippen molar-refractivity contribution >= 4 is 0 Å². The Labute approximate surface area is 47.5 Å². The van der Waals surface area contributed by atoms with Gasteiger partial charge in [-0.25, -0.2) is 12.1 Å². The zero-order valence-corrected chi connectivity index (χ0v) is 4.19. The van der Waals surface area contributed by atoms with Crippen LogP contribution in [-0.4, -0.2) is 0 Å². The van der Waals surface area contributed by atoms with Crippen LogP contribution in [0.4, 0.5) is 0 Å². The van der Waals surface area contributed by atoms with Crippen molar-refractivity contribution in [3.05, 3.63) is 30.3 Å². The van der Waals surface area contributed by atoms with Crippen LogP contribution in [0, 0.1) is 0 Å². The van der Waals surface area contributed by atoms with Crippen LogP contribution >= 0.6 is 0 Å². The molecule has 0 bridgehead atoms. The van der Waals surface area contributed by atoms with E-state index in [0.29, 0.717) is 0 Å². The summed E-state index contributed by atoms with van der Waals surface area (Å²) in [5, 5.41) is 0. The molecular weight excluding hydrogens is 119 g/mol. The van der Waals surface area contributed by atoms with Crippen LogP contribution in [0.2, 0.25) is 0 Å². The number of rotatable bonds is 0. The Morgan fingerprint density at radius 3 is 1.67 bits per heavy atom. The maximum atomic E-state index is 2.00. The molecule has 0 spiro atoms. The van der Waals surface area contributed by atoms with Gasteiger partial charge in [0.05, 0.1) is 0 Å². The summed E-state index contributed by atoms with van der Waals surface area (Å²) in [6.07, 6.45) is 0. The molecule has 0 nitrogen and oxygen atoms in total. The Balaban J connectivity index is 0.000000250. The largest absolute Gasteiger partial charge is 0.214 e. The van der Waals surface area contributed by atoms with Gasteiger partial charge in [0.2, 0.25) is 0 Å². The van der Waals surface area contributed by atoms with E-state index in [1.54, 1.807) is 0 Å². The first-order chi connectivity index (χ1) is 2.50. The first kappa shape index (κ1) is 5.84. The molecule has 0 aliphatic heterocycles. The van der Waals surface area contributed by atoms with Crippen molar-refractivity contribution in [3.8, 4) is 0 Å². The fourth-order valence-corrected chi connectivity index (χ4v) is 0.321. The molecular formula is C5H5Ni-. The summed E-state index contributed by atoms with van der Waals surface area (Å²) in [5.74, 6) is 0. The summed E-state index contributed by atoms with van der Waals surface area (Å²) in [7, 11) is 0. The van der Waals surface area contributed by atoms with E-state index < -0.39 is 0 Å². The van der Waals surface area contributed by atoms with Gasteiger partial charge in [0.1, 0.15) is 0 Å². The van der Waals surface area contributed by atoms with Crippen molar-refractivity contribution in [2.24, 2.45) is 0 Å². The van der Waals surface area contributed by atoms with Gasteiger partial charge in [-0.1, -0.05) is 0 Å². The van der Waals surface area contributed by atoms with Gasteiger partial charge in [-0.3, -0.25) is 0 Å². The summed E-state index contributed by atoms with van der Waals surface area (Å²) in [4.78, 5) is 0.